The summed E-state index contributed by atoms with van der Waals surface area (Å²) in [6, 6.07) is 21.5. The smallest absolute Gasteiger partial charge is 0.264 e. The number of para-hydroxylation sites is 1. The van der Waals surface area contributed by atoms with Gasteiger partial charge in [0.05, 0.1) is 10.6 Å². The fraction of sp³-hybridized carbons (Fsp3) is 0.240. The molecule has 0 saturated carbocycles. The third-order valence-electron chi connectivity index (χ3n) is 5.59. The molecule has 0 aromatic heterocycles. The minimum Gasteiger partial charge on any atom is -0.322 e. The SMILES string of the molecule is CC(C)c1ccc(NC(=O)c2cccc(S(=O)(=O)N3CCCc4ccccc43)c2)cc1. The molecule has 0 saturated heterocycles. The summed E-state index contributed by atoms with van der Waals surface area (Å²) in [4.78, 5) is 12.9. The molecule has 0 unspecified atom stereocenters. The summed E-state index contributed by atoms with van der Waals surface area (Å²) in [6.45, 7) is 4.65. The van der Waals surface area contributed by atoms with E-state index < -0.39 is 10.0 Å². The third kappa shape index (κ3) is 4.35. The number of carbonyl (C=O) groups excluding carboxylic acids is 1. The topological polar surface area (TPSA) is 66.5 Å². The van der Waals surface area contributed by atoms with Gasteiger partial charge in [-0.15, -0.1) is 0 Å². The summed E-state index contributed by atoms with van der Waals surface area (Å²) >= 11 is 0. The number of aryl methyl sites for hydroxylation is 1. The quantitative estimate of drug-likeness (QED) is 0.600. The van der Waals surface area contributed by atoms with Crippen molar-refractivity contribution in [3.05, 3.63) is 89.5 Å². The van der Waals surface area contributed by atoms with Crippen molar-refractivity contribution < 1.29 is 13.2 Å². The predicted molar refractivity (Wildman–Crippen MR) is 124 cm³/mol. The Kier molecular flexibility index (Phi) is 5.83. The fourth-order valence-electron chi connectivity index (χ4n) is 3.83. The van der Waals surface area contributed by atoms with Crippen LogP contribution < -0.4 is 9.62 Å². The van der Waals surface area contributed by atoms with E-state index in [2.05, 4.69) is 19.2 Å². The highest BCUT2D eigenvalue weighted by Crippen LogP contribution is 2.32. The molecule has 4 rings (SSSR count). The molecule has 0 radical (unpaired) electrons. The molecule has 1 aliphatic rings. The molecule has 160 valence electrons. The molecule has 1 aliphatic heterocycles. The van der Waals surface area contributed by atoms with Crippen LogP contribution in [0.3, 0.4) is 0 Å². The number of nitrogens with one attached hydrogen (secondary N) is 1. The van der Waals surface area contributed by atoms with Crippen LogP contribution >= 0.6 is 0 Å². The van der Waals surface area contributed by atoms with Gasteiger partial charge in [-0.25, -0.2) is 8.42 Å². The number of benzene rings is 3. The first-order chi connectivity index (χ1) is 14.9. The first kappa shape index (κ1) is 21.1. The normalized spacial score (nSPS) is 13.7. The maximum absolute atomic E-state index is 13.4. The summed E-state index contributed by atoms with van der Waals surface area (Å²) in [6.07, 6.45) is 1.63. The summed E-state index contributed by atoms with van der Waals surface area (Å²) in [5, 5.41) is 2.85. The van der Waals surface area contributed by atoms with Gasteiger partial charge < -0.3 is 5.32 Å². The molecule has 1 N–H and O–H groups in total. The zero-order chi connectivity index (χ0) is 22.0. The summed E-state index contributed by atoms with van der Waals surface area (Å²) in [7, 11) is -3.77. The van der Waals surface area contributed by atoms with Crippen LogP contribution in [0, 0.1) is 0 Å². The Balaban J connectivity index is 1.59. The number of anilines is 2. The molecule has 0 aliphatic carbocycles. The van der Waals surface area contributed by atoms with E-state index >= 15 is 0 Å². The molecule has 0 fully saturated rings. The van der Waals surface area contributed by atoms with Crippen LogP contribution in [0.25, 0.3) is 0 Å². The van der Waals surface area contributed by atoms with Gasteiger partial charge in [-0.05, 0) is 66.3 Å². The van der Waals surface area contributed by atoms with Gasteiger partial charge in [0, 0.05) is 17.8 Å². The number of amides is 1. The summed E-state index contributed by atoms with van der Waals surface area (Å²) in [5.41, 5.74) is 3.91. The van der Waals surface area contributed by atoms with Gasteiger partial charge in [0.1, 0.15) is 0 Å². The lowest BCUT2D eigenvalue weighted by Crippen LogP contribution is -2.35. The van der Waals surface area contributed by atoms with E-state index in [1.165, 1.54) is 15.9 Å². The highest BCUT2D eigenvalue weighted by atomic mass is 32.2. The average Bonchev–Trinajstić information content (AvgIpc) is 2.79. The highest BCUT2D eigenvalue weighted by molar-refractivity contribution is 7.92. The van der Waals surface area contributed by atoms with Crippen molar-refractivity contribution >= 4 is 27.3 Å². The Morgan fingerprint density at radius 3 is 2.45 bits per heavy atom. The standard InChI is InChI=1S/C25H26N2O3S/c1-18(2)19-12-14-22(15-13-19)26-25(28)21-8-5-10-23(17-21)31(29,30)27-16-6-9-20-7-3-4-11-24(20)27/h3-5,7-8,10-15,17-18H,6,9,16H2,1-2H3,(H,26,28). The number of hydrogen-bond acceptors (Lipinski definition) is 3. The highest BCUT2D eigenvalue weighted by Gasteiger charge is 2.29. The lowest BCUT2D eigenvalue weighted by Gasteiger charge is -2.30. The molecule has 0 spiro atoms. The second kappa shape index (κ2) is 8.55. The van der Waals surface area contributed by atoms with Gasteiger partial charge in [0.15, 0.2) is 0 Å². The van der Waals surface area contributed by atoms with Gasteiger partial charge in [0.2, 0.25) is 0 Å². The molecular formula is C25H26N2O3S. The number of carbonyl (C=O) groups is 1. The molecule has 0 bridgehead atoms. The predicted octanol–water partition coefficient (Wildman–Crippen LogP) is 5.20. The zero-order valence-electron chi connectivity index (χ0n) is 17.7. The minimum absolute atomic E-state index is 0.118. The Morgan fingerprint density at radius 2 is 1.71 bits per heavy atom. The summed E-state index contributed by atoms with van der Waals surface area (Å²) < 4.78 is 28.2. The molecule has 1 heterocycles. The lowest BCUT2D eigenvalue weighted by atomic mass is 10.0. The van der Waals surface area contributed by atoms with Gasteiger partial charge >= 0.3 is 0 Å². The van der Waals surface area contributed by atoms with Gasteiger partial charge in [-0.3, -0.25) is 9.10 Å². The average molecular weight is 435 g/mol. The van der Waals surface area contributed by atoms with Crippen molar-refractivity contribution in [1.82, 2.24) is 0 Å². The van der Waals surface area contributed by atoms with E-state index in [0.717, 1.165) is 18.4 Å². The van der Waals surface area contributed by atoms with Crippen LogP contribution in [0.5, 0.6) is 0 Å². The maximum Gasteiger partial charge on any atom is 0.264 e. The first-order valence-electron chi connectivity index (χ1n) is 10.5. The van der Waals surface area contributed by atoms with Crippen molar-refractivity contribution in [3.63, 3.8) is 0 Å². The molecular weight excluding hydrogens is 408 g/mol. The number of fused-ring (bicyclic) bond motifs is 1. The Morgan fingerprint density at radius 1 is 0.968 bits per heavy atom. The van der Waals surface area contributed by atoms with Crippen molar-refractivity contribution in [2.45, 2.75) is 37.5 Å². The van der Waals surface area contributed by atoms with Crippen LogP contribution in [-0.2, 0) is 16.4 Å². The van der Waals surface area contributed by atoms with Crippen LogP contribution in [0.4, 0.5) is 11.4 Å². The number of sulfonamides is 1. The molecule has 6 heteroatoms. The second-order valence-electron chi connectivity index (χ2n) is 8.07. The molecule has 3 aromatic rings. The third-order valence-corrected chi connectivity index (χ3v) is 7.40. The Labute approximate surface area is 183 Å². The molecule has 0 atom stereocenters. The van der Waals surface area contributed by atoms with E-state index in [-0.39, 0.29) is 10.8 Å². The summed E-state index contributed by atoms with van der Waals surface area (Å²) in [5.74, 6) is 0.0694. The van der Waals surface area contributed by atoms with E-state index in [1.807, 2.05) is 48.5 Å². The Hall–Kier alpha value is -3.12. The van der Waals surface area contributed by atoms with Crippen molar-refractivity contribution in [3.8, 4) is 0 Å². The van der Waals surface area contributed by atoms with Gasteiger partial charge in [-0.1, -0.05) is 50.2 Å². The van der Waals surface area contributed by atoms with Crippen molar-refractivity contribution in [2.75, 3.05) is 16.2 Å². The van der Waals surface area contributed by atoms with E-state index in [0.29, 0.717) is 29.4 Å². The van der Waals surface area contributed by atoms with Gasteiger partial charge in [-0.2, -0.15) is 0 Å². The maximum atomic E-state index is 13.4. The molecule has 1 amide bonds. The van der Waals surface area contributed by atoms with E-state index in [9.17, 15) is 13.2 Å². The first-order valence-corrected chi connectivity index (χ1v) is 11.9. The minimum atomic E-state index is -3.77. The lowest BCUT2D eigenvalue weighted by molar-refractivity contribution is 0.102. The van der Waals surface area contributed by atoms with Crippen LogP contribution in [0.2, 0.25) is 0 Å². The van der Waals surface area contributed by atoms with Crippen molar-refractivity contribution in [2.24, 2.45) is 0 Å². The number of rotatable bonds is 5. The van der Waals surface area contributed by atoms with E-state index in [1.54, 1.807) is 18.2 Å². The largest absolute Gasteiger partial charge is 0.322 e. The van der Waals surface area contributed by atoms with Crippen LogP contribution in [0.1, 0.15) is 47.7 Å². The van der Waals surface area contributed by atoms with Crippen LogP contribution in [0.15, 0.2) is 77.7 Å². The number of hydrogen-bond donors (Lipinski definition) is 1. The van der Waals surface area contributed by atoms with Crippen molar-refractivity contribution in [1.29, 1.82) is 0 Å². The van der Waals surface area contributed by atoms with Gasteiger partial charge in [0.25, 0.3) is 15.9 Å². The van der Waals surface area contributed by atoms with E-state index in [4.69, 9.17) is 0 Å². The second-order valence-corrected chi connectivity index (χ2v) is 9.93. The fourth-order valence-corrected chi connectivity index (χ4v) is 5.42. The monoisotopic (exact) mass is 434 g/mol. The van der Waals surface area contributed by atoms with Crippen LogP contribution in [-0.4, -0.2) is 20.9 Å². The number of nitrogens with zero attached hydrogens (tertiary/aromatic N) is 1. The molecule has 5 nitrogen and oxygen atoms in total. The zero-order valence-corrected chi connectivity index (χ0v) is 18.5. The molecule has 3 aromatic carbocycles. The molecule has 31 heavy (non-hydrogen) atoms. The Bertz CT molecular complexity index is 1200.